The van der Waals surface area contributed by atoms with Crippen LogP contribution in [-0.2, 0) is 26.7 Å². The number of halogens is 3. The fourth-order valence-corrected chi connectivity index (χ4v) is 2.12. The summed E-state index contributed by atoms with van der Waals surface area (Å²) in [6.07, 6.45) is -4.42. The normalized spacial score (nSPS) is 13.6. The highest BCUT2D eigenvalue weighted by Gasteiger charge is 2.30. The van der Waals surface area contributed by atoms with E-state index in [9.17, 15) is 22.2 Å². The molecule has 4 nitrogen and oxygen atoms in total. The number of esters is 1. The summed E-state index contributed by atoms with van der Waals surface area (Å²) in [5.74, 6) is -1.04. The predicted octanol–water partition coefficient (Wildman–Crippen LogP) is 3.12. The molecule has 0 radical (unpaired) electrons. The van der Waals surface area contributed by atoms with Crippen LogP contribution in [0.1, 0.15) is 26.3 Å². The molecular formula is C13H16F3NO3S. The molecule has 0 aromatic heterocycles. The van der Waals surface area contributed by atoms with Crippen molar-refractivity contribution in [1.29, 1.82) is 0 Å². The Morgan fingerprint density at radius 1 is 1.19 bits per heavy atom. The van der Waals surface area contributed by atoms with E-state index in [-0.39, 0.29) is 5.69 Å². The number of anilines is 1. The van der Waals surface area contributed by atoms with Crippen LogP contribution in [0.2, 0.25) is 0 Å². The molecule has 0 saturated carbocycles. The molecule has 0 amide bonds. The molecule has 0 saturated heterocycles. The maximum absolute atomic E-state index is 12.4. The number of hydrogen-bond donors (Lipinski definition) is 1. The van der Waals surface area contributed by atoms with Gasteiger partial charge in [-0.3, -0.25) is 4.79 Å². The van der Waals surface area contributed by atoms with E-state index in [0.717, 1.165) is 24.3 Å². The summed E-state index contributed by atoms with van der Waals surface area (Å²) in [6.45, 7) is 5.03. The number of benzene rings is 1. The third-order valence-corrected chi connectivity index (χ3v) is 3.07. The standard InChI is InChI=1S/C13H16F3NO3S/c1-12(2,3)20-11(18)8-21(19)17-10-6-4-9(5-7-10)13(14,15)16/h4-7,17H,8H2,1-3H3. The molecule has 1 N–H and O–H groups in total. The molecular weight excluding hydrogens is 307 g/mol. The minimum Gasteiger partial charge on any atom is -0.459 e. The summed E-state index contributed by atoms with van der Waals surface area (Å²) in [6, 6.07) is 4.03. The molecule has 1 aromatic carbocycles. The molecule has 0 fully saturated rings. The Bertz CT molecular complexity index is 521. The van der Waals surface area contributed by atoms with Gasteiger partial charge in [-0.2, -0.15) is 13.2 Å². The molecule has 118 valence electrons. The minimum absolute atomic E-state index is 0.227. The maximum atomic E-state index is 12.4. The number of rotatable bonds is 4. The summed E-state index contributed by atoms with van der Waals surface area (Å²) >= 11 is 0. The second kappa shape index (κ2) is 6.46. The second-order valence-electron chi connectivity index (χ2n) is 5.25. The highest BCUT2D eigenvalue weighted by Crippen LogP contribution is 2.29. The molecule has 0 aliphatic rings. The van der Waals surface area contributed by atoms with Crippen molar-refractivity contribution in [2.45, 2.75) is 32.5 Å². The Kier molecular flexibility index (Phi) is 5.38. The van der Waals surface area contributed by atoms with E-state index >= 15 is 0 Å². The molecule has 0 heterocycles. The van der Waals surface area contributed by atoms with Gasteiger partial charge in [0.25, 0.3) is 0 Å². The van der Waals surface area contributed by atoms with Crippen LogP contribution in [0.3, 0.4) is 0 Å². The van der Waals surface area contributed by atoms with Crippen molar-refractivity contribution in [2.24, 2.45) is 0 Å². The van der Waals surface area contributed by atoms with Crippen molar-refractivity contribution >= 4 is 22.6 Å². The summed E-state index contributed by atoms with van der Waals surface area (Å²) in [5, 5.41) is 0. The van der Waals surface area contributed by atoms with Crippen LogP contribution < -0.4 is 4.72 Å². The molecule has 0 bridgehead atoms. The fourth-order valence-electron chi connectivity index (χ4n) is 1.37. The number of alkyl halides is 3. The van der Waals surface area contributed by atoms with Crippen molar-refractivity contribution in [3.8, 4) is 0 Å². The first kappa shape index (κ1) is 17.5. The van der Waals surface area contributed by atoms with E-state index in [2.05, 4.69) is 4.72 Å². The van der Waals surface area contributed by atoms with E-state index in [0.29, 0.717) is 0 Å². The molecule has 0 aliphatic heterocycles. The van der Waals surface area contributed by atoms with Gasteiger partial charge in [-0.05, 0) is 45.0 Å². The number of carbonyl (C=O) groups is 1. The third kappa shape index (κ3) is 6.61. The fraction of sp³-hybridized carbons (Fsp3) is 0.462. The monoisotopic (exact) mass is 323 g/mol. The van der Waals surface area contributed by atoms with Gasteiger partial charge in [0, 0.05) is 5.69 Å². The van der Waals surface area contributed by atoms with E-state index in [1.807, 2.05) is 0 Å². The van der Waals surface area contributed by atoms with Gasteiger partial charge in [-0.25, -0.2) is 4.21 Å². The zero-order valence-corrected chi connectivity index (χ0v) is 12.6. The molecule has 1 aromatic rings. The van der Waals surface area contributed by atoms with Crippen molar-refractivity contribution in [3.63, 3.8) is 0 Å². The van der Waals surface area contributed by atoms with Crippen LogP contribution >= 0.6 is 0 Å². The van der Waals surface area contributed by atoms with Gasteiger partial charge >= 0.3 is 12.1 Å². The predicted molar refractivity (Wildman–Crippen MR) is 73.9 cm³/mol. The van der Waals surface area contributed by atoms with Gasteiger partial charge in [-0.1, -0.05) is 0 Å². The van der Waals surface area contributed by atoms with Gasteiger partial charge in [0.2, 0.25) is 0 Å². The lowest BCUT2D eigenvalue weighted by molar-refractivity contribution is -0.151. The van der Waals surface area contributed by atoms with E-state index in [4.69, 9.17) is 4.74 Å². The Morgan fingerprint density at radius 3 is 2.14 bits per heavy atom. The molecule has 8 heteroatoms. The molecule has 0 aliphatic carbocycles. The minimum atomic E-state index is -4.42. The first-order valence-corrected chi connectivity index (χ1v) is 7.33. The lowest BCUT2D eigenvalue weighted by Crippen LogP contribution is -2.28. The smallest absolute Gasteiger partial charge is 0.416 e. The van der Waals surface area contributed by atoms with Crippen LogP contribution in [-0.4, -0.2) is 21.5 Å². The quantitative estimate of drug-likeness (QED) is 0.866. The summed E-state index contributed by atoms with van der Waals surface area (Å²) in [5.41, 5.74) is -1.26. The number of ether oxygens (including phenoxy) is 1. The molecule has 1 rings (SSSR count). The first-order valence-electron chi connectivity index (χ1n) is 6.01. The number of nitrogens with one attached hydrogen (secondary N) is 1. The Labute approximate surface area is 123 Å². The van der Waals surface area contributed by atoms with Crippen molar-refractivity contribution in [2.75, 3.05) is 10.5 Å². The van der Waals surface area contributed by atoms with Gasteiger partial charge in [0.05, 0.1) is 5.56 Å². The van der Waals surface area contributed by atoms with E-state index in [1.54, 1.807) is 20.8 Å². The average molecular weight is 323 g/mol. The molecule has 21 heavy (non-hydrogen) atoms. The van der Waals surface area contributed by atoms with Crippen molar-refractivity contribution < 1.29 is 26.9 Å². The van der Waals surface area contributed by atoms with Crippen LogP contribution in [0.15, 0.2) is 24.3 Å². The van der Waals surface area contributed by atoms with E-state index < -0.39 is 40.0 Å². The van der Waals surface area contributed by atoms with Gasteiger partial charge in [-0.15, -0.1) is 0 Å². The maximum Gasteiger partial charge on any atom is 0.416 e. The average Bonchev–Trinajstić information content (AvgIpc) is 2.25. The number of carbonyl (C=O) groups excluding carboxylic acids is 1. The molecule has 1 atom stereocenters. The van der Waals surface area contributed by atoms with Crippen LogP contribution in [0.4, 0.5) is 18.9 Å². The Hall–Kier alpha value is -1.57. The van der Waals surface area contributed by atoms with Crippen molar-refractivity contribution in [1.82, 2.24) is 0 Å². The SMILES string of the molecule is CC(C)(C)OC(=O)CS(=O)Nc1ccc(C(F)(F)F)cc1. The molecule has 1 unspecified atom stereocenters. The second-order valence-corrected chi connectivity index (χ2v) is 6.44. The topological polar surface area (TPSA) is 55.4 Å². The highest BCUT2D eigenvalue weighted by molar-refractivity contribution is 7.87. The van der Waals surface area contributed by atoms with Gasteiger partial charge in [0.15, 0.2) is 0 Å². The number of hydrogen-bond acceptors (Lipinski definition) is 3. The Balaban J connectivity index is 2.58. The van der Waals surface area contributed by atoms with E-state index in [1.165, 1.54) is 0 Å². The zero-order chi connectivity index (χ0) is 16.3. The van der Waals surface area contributed by atoms with Crippen LogP contribution in [0.25, 0.3) is 0 Å². The van der Waals surface area contributed by atoms with Crippen LogP contribution in [0, 0.1) is 0 Å². The molecule has 0 spiro atoms. The lowest BCUT2D eigenvalue weighted by atomic mass is 10.2. The van der Waals surface area contributed by atoms with Crippen molar-refractivity contribution in [3.05, 3.63) is 29.8 Å². The summed E-state index contributed by atoms with van der Waals surface area (Å²) in [4.78, 5) is 11.4. The summed E-state index contributed by atoms with van der Waals surface area (Å²) < 4.78 is 56.2. The van der Waals surface area contributed by atoms with Crippen LogP contribution in [0.5, 0.6) is 0 Å². The Morgan fingerprint density at radius 2 is 1.71 bits per heavy atom. The zero-order valence-electron chi connectivity index (χ0n) is 11.8. The largest absolute Gasteiger partial charge is 0.459 e. The third-order valence-electron chi connectivity index (χ3n) is 2.11. The van der Waals surface area contributed by atoms with Gasteiger partial charge in [0.1, 0.15) is 22.3 Å². The lowest BCUT2D eigenvalue weighted by Gasteiger charge is -2.19. The van der Waals surface area contributed by atoms with Gasteiger partial charge < -0.3 is 9.46 Å². The summed E-state index contributed by atoms with van der Waals surface area (Å²) in [7, 11) is -1.77. The first-order chi connectivity index (χ1) is 9.47. The highest BCUT2D eigenvalue weighted by atomic mass is 32.2.